The molecule has 1 aromatic carbocycles. The minimum atomic E-state index is -3.66. The predicted octanol–water partition coefficient (Wildman–Crippen LogP) is 2.17. The zero-order chi connectivity index (χ0) is 21.0. The van der Waals surface area contributed by atoms with Crippen LogP contribution >= 0.6 is 0 Å². The van der Waals surface area contributed by atoms with Crippen molar-refractivity contribution in [1.82, 2.24) is 14.9 Å². The van der Waals surface area contributed by atoms with Gasteiger partial charge in [0.1, 0.15) is 5.69 Å². The summed E-state index contributed by atoms with van der Waals surface area (Å²) in [4.78, 5) is 4.42. The summed E-state index contributed by atoms with van der Waals surface area (Å²) in [6.45, 7) is -0.00705. The number of benzene rings is 1. The maximum Gasteiger partial charge on any atom is 0.240 e. The van der Waals surface area contributed by atoms with E-state index in [2.05, 4.69) is 14.9 Å². The summed E-state index contributed by atoms with van der Waals surface area (Å²) in [6.07, 6.45) is 1.80. The second kappa shape index (κ2) is 9.05. The van der Waals surface area contributed by atoms with Gasteiger partial charge in [0.15, 0.2) is 5.76 Å². The van der Waals surface area contributed by atoms with Gasteiger partial charge in [-0.3, -0.25) is 4.98 Å². The van der Waals surface area contributed by atoms with E-state index in [-0.39, 0.29) is 17.5 Å². The number of aromatic nitrogens is 2. The lowest BCUT2D eigenvalue weighted by atomic mass is 9.98. The standard InChI is InChI=1S/C21H23N3O5S/c25-19-10-9-16(12-15-13-20(29-24-15)18-8-4-5-11-22-18)28-21(19)14-23-30(26,27)17-6-2-1-3-7-17/h1-8,11,13,16,19,21,23,25H,9-10,12,14H2/t16-,19-,21+/m0/s1. The van der Waals surface area contributed by atoms with Crippen molar-refractivity contribution in [1.29, 1.82) is 0 Å². The molecule has 3 aromatic rings. The molecule has 1 saturated heterocycles. The molecule has 0 amide bonds. The first-order chi connectivity index (χ1) is 14.5. The normalized spacial score (nSPS) is 22.1. The third-order valence-corrected chi connectivity index (χ3v) is 6.46. The zero-order valence-corrected chi connectivity index (χ0v) is 17.0. The number of aliphatic hydroxyl groups is 1. The Bertz CT molecular complexity index is 1060. The van der Waals surface area contributed by atoms with Crippen LogP contribution in [0.4, 0.5) is 0 Å². The Hall–Kier alpha value is -2.59. The third-order valence-electron chi connectivity index (χ3n) is 5.02. The lowest BCUT2D eigenvalue weighted by molar-refractivity contribution is -0.113. The average Bonchev–Trinajstić information content (AvgIpc) is 3.24. The summed E-state index contributed by atoms with van der Waals surface area (Å²) < 4.78 is 38.7. The molecule has 0 saturated carbocycles. The average molecular weight is 429 g/mol. The monoisotopic (exact) mass is 429 g/mol. The van der Waals surface area contributed by atoms with Crippen LogP contribution in [0, 0.1) is 0 Å². The Labute approximate surface area is 174 Å². The first kappa shape index (κ1) is 20.7. The highest BCUT2D eigenvalue weighted by molar-refractivity contribution is 7.89. The Morgan fingerprint density at radius 3 is 2.67 bits per heavy atom. The molecule has 8 nitrogen and oxygen atoms in total. The van der Waals surface area contributed by atoms with E-state index in [0.29, 0.717) is 30.7 Å². The third kappa shape index (κ3) is 4.93. The summed E-state index contributed by atoms with van der Waals surface area (Å²) in [6, 6.07) is 15.5. The van der Waals surface area contributed by atoms with Gasteiger partial charge in [-0.25, -0.2) is 13.1 Å². The van der Waals surface area contributed by atoms with Crippen LogP contribution in [0.2, 0.25) is 0 Å². The van der Waals surface area contributed by atoms with E-state index >= 15 is 0 Å². The number of aliphatic hydroxyl groups excluding tert-OH is 1. The fourth-order valence-corrected chi connectivity index (χ4v) is 4.49. The highest BCUT2D eigenvalue weighted by Gasteiger charge is 2.31. The molecule has 1 aliphatic rings. The van der Waals surface area contributed by atoms with Crippen LogP contribution in [-0.2, 0) is 21.2 Å². The lowest BCUT2D eigenvalue weighted by Crippen LogP contribution is -2.46. The first-order valence-corrected chi connectivity index (χ1v) is 11.2. The molecule has 2 N–H and O–H groups in total. The van der Waals surface area contributed by atoms with E-state index in [9.17, 15) is 13.5 Å². The molecule has 158 valence electrons. The van der Waals surface area contributed by atoms with Crippen molar-refractivity contribution in [2.75, 3.05) is 6.54 Å². The van der Waals surface area contributed by atoms with Crippen LogP contribution in [0.25, 0.3) is 11.5 Å². The maximum atomic E-state index is 12.4. The van der Waals surface area contributed by atoms with Crippen LogP contribution in [0.1, 0.15) is 18.5 Å². The molecule has 1 fully saturated rings. The second-order valence-corrected chi connectivity index (χ2v) is 8.97. The van der Waals surface area contributed by atoms with Crippen LogP contribution in [-0.4, -0.2) is 48.5 Å². The maximum absolute atomic E-state index is 12.4. The van der Waals surface area contributed by atoms with E-state index < -0.39 is 22.2 Å². The minimum absolute atomic E-state index is 0.00705. The van der Waals surface area contributed by atoms with E-state index in [4.69, 9.17) is 9.26 Å². The number of hydrogen-bond acceptors (Lipinski definition) is 7. The van der Waals surface area contributed by atoms with Gasteiger partial charge in [0.25, 0.3) is 0 Å². The Balaban J connectivity index is 1.36. The Kier molecular flexibility index (Phi) is 6.24. The zero-order valence-electron chi connectivity index (χ0n) is 16.2. The summed E-state index contributed by atoms with van der Waals surface area (Å²) in [5, 5.41) is 14.4. The van der Waals surface area contributed by atoms with Gasteiger partial charge in [-0.15, -0.1) is 0 Å². The SMILES string of the molecule is O=S(=O)(NC[C@H]1O[C@H](Cc2cc(-c3ccccn3)on2)CC[C@@H]1O)c1ccccc1. The Morgan fingerprint density at radius 1 is 1.10 bits per heavy atom. The highest BCUT2D eigenvalue weighted by Crippen LogP contribution is 2.24. The minimum Gasteiger partial charge on any atom is -0.390 e. The van der Waals surface area contributed by atoms with E-state index in [1.807, 2.05) is 24.3 Å². The molecule has 2 aromatic heterocycles. The summed E-state index contributed by atoms with van der Waals surface area (Å²) in [5.74, 6) is 0.577. The number of nitrogens with one attached hydrogen (secondary N) is 1. The van der Waals surface area contributed by atoms with Crippen molar-refractivity contribution in [2.45, 2.75) is 42.5 Å². The number of pyridine rings is 1. The molecule has 0 bridgehead atoms. The molecule has 0 spiro atoms. The smallest absolute Gasteiger partial charge is 0.240 e. The lowest BCUT2D eigenvalue weighted by Gasteiger charge is -2.33. The number of hydrogen-bond donors (Lipinski definition) is 2. The largest absolute Gasteiger partial charge is 0.390 e. The van der Waals surface area contributed by atoms with Crippen molar-refractivity contribution >= 4 is 10.0 Å². The van der Waals surface area contributed by atoms with Crippen molar-refractivity contribution in [3.8, 4) is 11.5 Å². The Morgan fingerprint density at radius 2 is 1.90 bits per heavy atom. The fraction of sp³-hybridized carbons (Fsp3) is 0.333. The van der Waals surface area contributed by atoms with Gasteiger partial charge in [0.05, 0.1) is 28.9 Å². The fourth-order valence-electron chi connectivity index (χ4n) is 3.43. The molecule has 30 heavy (non-hydrogen) atoms. The number of nitrogens with zero attached hydrogens (tertiary/aromatic N) is 2. The molecule has 3 heterocycles. The molecular formula is C21H23N3O5S. The van der Waals surface area contributed by atoms with Crippen LogP contribution in [0.15, 0.2) is 70.2 Å². The summed E-state index contributed by atoms with van der Waals surface area (Å²) in [5.41, 5.74) is 1.42. The van der Waals surface area contributed by atoms with Gasteiger partial charge in [0, 0.05) is 25.2 Å². The molecule has 0 aliphatic carbocycles. The molecule has 0 unspecified atom stereocenters. The van der Waals surface area contributed by atoms with Crippen LogP contribution < -0.4 is 4.72 Å². The van der Waals surface area contributed by atoms with Gasteiger partial charge < -0.3 is 14.4 Å². The van der Waals surface area contributed by atoms with Crippen molar-refractivity contribution < 1.29 is 22.8 Å². The second-order valence-electron chi connectivity index (χ2n) is 7.21. The number of ether oxygens (including phenoxy) is 1. The molecule has 9 heteroatoms. The van der Waals surface area contributed by atoms with E-state index in [0.717, 1.165) is 5.69 Å². The van der Waals surface area contributed by atoms with Crippen molar-refractivity contribution in [3.05, 3.63) is 66.5 Å². The highest BCUT2D eigenvalue weighted by atomic mass is 32.2. The van der Waals surface area contributed by atoms with E-state index in [1.165, 1.54) is 12.1 Å². The van der Waals surface area contributed by atoms with Crippen LogP contribution in [0.3, 0.4) is 0 Å². The number of rotatable bonds is 7. The van der Waals surface area contributed by atoms with Crippen LogP contribution in [0.5, 0.6) is 0 Å². The molecule has 1 aliphatic heterocycles. The molecule has 3 atom stereocenters. The van der Waals surface area contributed by atoms with Gasteiger partial charge in [-0.05, 0) is 37.1 Å². The van der Waals surface area contributed by atoms with Crippen molar-refractivity contribution in [2.24, 2.45) is 0 Å². The van der Waals surface area contributed by atoms with E-state index in [1.54, 1.807) is 24.4 Å². The topological polar surface area (TPSA) is 115 Å². The molecular weight excluding hydrogens is 406 g/mol. The summed E-state index contributed by atoms with van der Waals surface area (Å²) in [7, 11) is -3.66. The van der Waals surface area contributed by atoms with Gasteiger partial charge in [-0.1, -0.05) is 29.4 Å². The number of sulfonamides is 1. The summed E-state index contributed by atoms with van der Waals surface area (Å²) >= 11 is 0. The molecule has 4 rings (SSSR count). The van der Waals surface area contributed by atoms with Gasteiger partial charge in [-0.2, -0.15) is 0 Å². The quantitative estimate of drug-likeness (QED) is 0.591. The van der Waals surface area contributed by atoms with Gasteiger partial charge in [0.2, 0.25) is 10.0 Å². The van der Waals surface area contributed by atoms with Gasteiger partial charge >= 0.3 is 0 Å². The molecule has 0 radical (unpaired) electrons. The first-order valence-electron chi connectivity index (χ1n) is 9.76. The predicted molar refractivity (Wildman–Crippen MR) is 109 cm³/mol. The van der Waals surface area contributed by atoms with Crippen molar-refractivity contribution in [3.63, 3.8) is 0 Å².